The molecule has 0 saturated heterocycles. The van der Waals surface area contributed by atoms with Crippen molar-refractivity contribution in [3.63, 3.8) is 0 Å². The van der Waals surface area contributed by atoms with Crippen LogP contribution in [0.25, 0.3) is 0 Å². The molecule has 2 N–H and O–H groups in total. The van der Waals surface area contributed by atoms with Crippen molar-refractivity contribution in [1.29, 1.82) is 0 Å². The van der Waals surface area contributed by atoms with Crippen LogP contribution in [0.2, 0.25) is 0 Å². The molecule has 1 aromatic heterocycles. The third kappa shape index (κ3) is 3.95. The van der Waals surface area contributed by atoms with Crippen molar-refractivity contribution in [2.45, 2.75) is 4.90 Å². The topological polar surface area (TPSA) is 88.2 Å². The van der Waals surface area contributed by atoms with E-state index < -0.39 is 32.6 Å². The number of benzene rings is 1. The van der Waals surface area contributed by atoms with Gasteiger partial charge in [-0.05, 0) is 34.1 Å². The van der Waals surface area contributed by atoms with E-state index in [0.29, 0.717) is 15.9 Å². The van der Waals surface area contributed by atoms with Gasteiger partial charge in [-0.15, -0.1) is 0 Å². The Hall–Kier alpha value is -1.59. The number of rotatable bonds is 3. The van der Waals surface area contributed by atoms with Crippen molar-refractivity contribution in [2.24, 2.45) is 0 Å². The molecule has 6 nitrogen and oxygen atoms in total. The minimum Gasteiger partial charge on any atom is -0.283 e. The number of halogens is 3. The van der Waals surface area contributed by atoms with Gasteiger partial charge < -0.3 is 0 Å². The summed E-state index contributed by atoms with van der Waals surface area (Å²) >= 11 is 4.20. The fraction of sp³-hybridized carbons (Fsp3) is 0. The summed E-state index contributed by atoms with van der Waals surface area (Å²) in [5.41, 5.74) is 0. The second-order valence-electron chi connectivity index (χ2n) is 3.61. The van der Waals surface area contributed by atoms with E-state index in [1.807, 2.05) is 0 Å². The number of amides is 2. The van der Waals surface area contributed by atoms with Gasteiger partial charge in [0.2, 0.25) is 0 Å². The number of hydrogen-bond donors (Lipinski definition) is 2. The van der Waals surface area contributed by atoms with E-state index in [9.17, 15) is 22.0 Å². The molecular weight excluding hydrogens is 392 g/mol. The SMILES string of the molecule is O=C(Nc1ncc(Br)s1)NS(=O)(=O)c1ccc(F)c(F)c1. The zero-order valence-corrected chi connectivity index (χ0v) is 13.2. The molecule has 2 rings (SSSR count). The molecule has 0 spiro atoms. The number of nitrogens with one attached hydrogen (secondary N) is 2. The normalized spacial score (nSPS) is 11.2. The highest BCUT2D eigenvalue weighted by Crippen LogP contribution is 2.23. The summed E-state index contributed by atoms with van der Waals surface area (Å²) in [6.07, 6.45) is 1.42. The highest BCUT2D eigenvalue weighted by atomic mass is 79.9. The lowest BCUT2D eigenvalue weighted by atomic mass is 10.3. The molecule has 0 aliphatic carbocycles. The van der Waals surface area contributed by atoms with Gasteiger partial charge in [0.1, 0.15) is 0 Å². The summed E-state index contributed by atoms with van der Waals surface area (Å²) in [5, 5.41) is 2.36. The molecule has 2 amide bonds. The lowest BCUT2D eigenvalue weighted by molar-refractivity contribution is 0.256. The minimum atomic E-state index is -4.32. The molecule has 0 aliphatic rings. The lowest BCUT2D eigenvalue weighted by Gasteiger charge is -2.07. The molecule has 0 unspecified atom stereocenters. The Morgan fingerprint density at radius 1 is 1.29 bits per heavy atom. The summed E-state index contributed by atoms with van der Waals surface area (Å²) in [7, 11) is -4.32. The summed E-state index contributed by atoms with van der Waals surface area (Å²) in [5.74, 6) is -2.52. The number of carbonyl (C=O) groups is 1. The molecule has 0 atom stereocenters. The van der Waals surface area contributed by atoms with Crippen molar-refractivity contribution in [2.75, 3.05) is 5.32 Å². The number of aromatic nitrogens is 1. The molecule has 1 aromatic carbocycles. The third-order valence-electron chi connectivity index (χ3n) is 2.13. The van der Waals surface area contributed by atoms with Crippen LogP contribution in [-0.4, -0.2) is 19.4 Å². The number of anilines is 1. The molecule has 1 heterocycles. The molecule has 0 bridgehead atoms. The molecular formula is C10H6BrF2N3O3S2. The van der Waals surface area contributed by atoms with Crippen LogP contribution in [0.1, 0.15) is 0 Å². The standard InChI is InChI=1S/C10H6BrF2N3O3S2/c11-8-4-14-10(20-8)15-9(17)16-21(18,19)5-1-2-6(12)7(13)3-5/h1-4H,(H2,14,15,16,17). The molecule has 2 aromatic rings. The first-order valence-corrected chi connectivity index (χ1v) is 8.27. The Balaban J connectivity index is 2.13. The molecule has 11 heteroatoms. The third-order valence-corrected chi connectivity index (χ3v) is 4.85. The largest absolute Gasteiger partial charge is 0.334 e. The van der Waals surface area contributed by atoms with Gasteiger partial charge in [-0.2, -0.15) is 0 Å². The van der Waals surface area contributed by atoms with E-state index in [1.165, 1.54) is 6.20 Å². The summed E-state index contributed by atoms with van der Waals surface area (Å²) < 4.78 is 51.7. The van der Waals surface area contributed by atoms with Gasteiger partial charge in [-0.3, -0.25) is 5.32 Å². The van der Waals surface area contributed by atoms with Crippen LogP contribution in [0.5, 0.6) is 0 Å². The summed E-state index contributed by atoms with van der Waals surface area (Å²) in [6.45, 7) is 0. The Kier molecular flexibility index (Phi) is 4.54. The average Bonchev–Trinajstić information content (AvgIpc) is 2.77. The smallest absolute Gasteiger partial charge is 0.283 e. The van der Waals surface area contributed by atoms with Gasteiger partial charge in [-0.1, -0.05) is 11.3 Å². The molecule has 0 fully saturated rings. The average molecular weight is 398 g/mol. The predicted molar refractivity (Wildman–Crippen MR) is 75.5 cm³/mol. The number of sulfonamides is 1. The zero-order valence-electron chi connectivity index (χ0n) is 9.93. The highest BCUT2D eigenvalue weighted by Gasteiger charge is 2.20. The fourth-order valence-electron chi connectivity index (χ4n) is 1.26. The van der Waals surface area contributed by atoms with E-state index in [0.717, 1.165) is 17.4 Å². The second kappa shape index (κ2) is 6.03. The van der Waals surface area contributed by atoms with Crippen LogP contribution in [-0.2, 0) is 10.0 Å². The van der Waals surface area contributed by atoms with Crippen molar-refractivity contribution in [3.8, 4) is 0 Å². The molecule has 21 heavy (non-hydrogen) atoms. The number of nitrogens with zero attached hydrogens (tertiary/aromatic N) is 1. The first kappa shape index (κ1) is 15.8. The lowest BCUT2D eigenvalue weighted by Crippen LogP contribution is -2.34. The van der Waals surface area contributed by atoms with E-state index in [1.54, 1.807) is 4.72 Å². The van der Waals surface area contributed by atoms with Crippen molar-refractivity contribution in [3.05, 3.63) is 39.8 Å². The van der Waals surface area contributed by atoms with Gasteiger partial charge in [0.15, 0.2) is 16.8 Å². The predicted octanol–water partition coefficient (Wildman–Crippen LogP) is 2.69. The van der Waals surface area contributed by atoms with Crippen LogP contribution < -0.4 is 10.0 Å². The van der Waals surface area contributed by atoms with E-state index >= 15 is 0 Å². The Morgan fingerprint density at radius 2 is 2.00 bits per heavy atom. The molecule has 0 saturated carbocycles. The van der Waals surface area contributed by atoms with Gasteiger partial charge in [-0.25, -0.2) is 31.7 Å². The quantitative estimate of drug-likeness (QED) is 0.833. The molecule has 112 valence electrons. The molecule has 0 aliphatic heterocycles. The number of thiazole rings is 1. The highest BCUT2D eigenvalue weighted by molar-refractivity contribution is 9.11. The van der Waals surface area contributed by atoms with Crippen LogP contribution in [0.15, 0.2) is 33.1 Å². The number of hydrogen-bond acceptors (Lipinski definition) is 5. The summed E-state index contributed by atoms with van der Waals surface area (Å²) in [6, 6.07) is 0.903. The van der Waals surface area contributed by atoms with Crippen molar-refractivity contribution < 1.29 is 22.0 Å². The monoisotopic (exact) mass is 397 g/mol. The van der Waals surface area contributed by atoms with Crippen molar-refractivity contribution in [1.82, 2.24) is 9.71 Å². The fourth-order valence-corrected chi connectivity index (χ4v) is 3.28. The first-order valence-electron chi connectivity index (χ1n) is 5.18. The maximum atomic E-state index is 13.0. The van der Waals surface area contributed by atoms with Crippen LogP contribution in [0, 0.1) is 11.6 Å². The summed E-state index contributed by atoms with van der Waals surface area (Å²) in [4.78, 5) is 14.8. The maximum absolute atomic E-state index is 13.0. The van der Waals surface area contributed by atoms with Gasteiger partial charge >= 0.3 is 6.03 Å². The van der Waals surface area contributed by atoms with Crippen LogP contribution >= 0.6 is 27.3 Å². The number of carbonyl (C=O) groups excluding carboxylic acids is 1. The Bertz CT molecular complexity index is 795. The number of urea groups is 1. The van der Waals surface area contributed by atoms with Crippen LogP contribution in [0.4, 0.5) is 18.7 Å². The first-order chi connectivity index (χ1) is 9.78. The van der Waals surface area contributed by atoms with E-state index in [4.69, 9.17) is 0 Å². The van der Waals surface area contributed by atoms with Gasteiger partial charge in [0.25, 0.3) is 10.0 Å². The van der Waals surface area contributed by atoms with Gasteiger partial charge in [0, 0.05) is 0 Å². The van der Waals surface area contributed by atoms with Crippen molar-refractivity contribution >= 4 is 48.5 Å². The van der Waals surface area contributed by atoms with E-state index in [2.05, 4.69) is 26.2 Å². The molecule has 0 radical (unpaired) electrons. The zero-order chi connectivity index (χ0) is 15.6. The van der Waals surface area contributed by atoms with Crippen LogP contribution in [0.3, 0.4) is 0 Å². The Labute approximate surface area is 130 Å². The minimum absolute atomic E-state index is 0.167. The Morgan fingerprint density at radius 3 is 2.57 bits per heavy atom. The maximum Gasteiger partial charge on any atom is 0.334 e. The van der Waals surface area contributed by atoms with Gasteiger partial charge in [0.05, 0.1) is 14.9 Å². The van der Waals surface area contributed by atoms with E-state index in [-0.39, 0.29) is 5.13 Å². The second-order valence-corrected chi connectivity index (χ2v) is 7.70.